The zero-order valence-electron chi connectivity index (χ0n) is 12.4. The number of nitrogens with one attached hydrogen (secondary N) is 1. The smallest absolute Gasteiger partial charge is 0.254 e. The highest BCUT2D eigenvalue weighted by molar-refractivity contribution is 7.89. The molecule has 0 unspecified atom stereocenters. The maximum atomic E-state index is 12.4. The molecule has 1 aromatic rings. The number of carbonyl (C=O) groups is 1. The third-order valence-corrected chi connectivity index (χ3v) is 4.68. The normalized spacial score (nSPS) is 11.4. The second-order valence-corrected chi connectivity index (χ2v) is 6.22. The Hall–Kier alpha value is -1.40. The number of hydrogen-bond acceptors (Lipinski definition) is 3. The number of hydrogen-bond donors (Lipinski definition) is 1. The van der Waals surface area contributed by atoms with Crippen LogP contribution in [0.1, 0.15) is 36.7 Å². The molecule has 0 radical (unpaired) electrons. The summed E-state index contributed by atoms with van der Waals surface area (Å²) in [5.74, 6) is -0.138. The third-order valence-electron chi connectivity index (χ3n) is 3.13. The summed E-state index contributed by atoms with van der Waals surface area (Å²) in [5.41, 5.74) is 1.21. The molecule has 0 bridgehead atoms. The predicted octanol–water partition coefficient (Wildman–Crippen LogP) is 1.78. The lowest BCUT2D eigenvalue weighted by Gasteiger charge is -2.20. The number of sulfonamides is 1. The van der Waals surface area contributed by atoms with Gasteiger partial charge >= 0.3 is 0 Å². The minimum atomic E-state index is -3.54. The van der Waals surface area contributed by atoms with Gasteiger partial charge in [-0.05, 0) is 38.5 Å². The second kappa shape index (κ2) is 6.85. The van der Waals surface area contributed by atoms with E-state index in [1.165, 1.54) is 12.1 Å². The van der Waals surface area contributed by atoms with Gasteiger partial charge in [-0.3, -0.25) is 4.79 Å². The zero-order chi connectivity index (χ0) is 15.3. The Morgan fingerprint density at radius 3 is 2.30 bits per heavy atom. The van der Waals surface area contributed by atoms with Crippen molar-refractivity contribution >= 4 is 15.9 Å². The third kappa shape index (κ3) is 3.58. The molecule has 1 amide bonds. The van der Waals surface area contributed by atoms with Gasteiger partial charge in [-0.15, -0.1) is 0 Å². The molecular weight excluding hydrogens is 276 g/mol. The van der Waals surface area contributed by atoms with Crippen LogP contribution in [0.15, 0.2) is 23.1 Å². The van der Waals surface area contributed by atoms with Gasteiger partial charge in [0.2, 0.25) is 10.0 Å². The lowest BCUT2D eigenvalue weighted by atomic mass is 10.1. The molecule has 1 aromatic carbocycles. The van der Waals surface area contributed by atoms with Gasteiger partial charge in [0.15, 0.2) is 0 Å². The molecule has 1 N–H and O–H groups in total. The van der Waals surface area contributed by atoms with Gasteiger partial charge in [-0.1, -0.05) is 13.0 Å². The van der Waals surface area contributed by atoms with Gasteiger partial charge in [-0.2, -0.15) is 0 Å². The fourth-order valence-electron chi connectivity index (χ4n) is 1.95. The Bertz CT molecular complexity index is 578. The molecule has 0 aliphatic heterocycles. The molecule has 0 saturated heterocycles. The van der Waals surface area contributed by atoms with Crippen LogP contribution in [-0.2, 0) is 10.0 Å². The molecule has 0 atom stereocenters. The number of nitrogens with zero attached hydrogens (tertiary/aromatic N) is 1. The highest BCUT2D eigenvalue weighted by Crippen LogP contribution is 2.17. The van der Waals surface area contributed by atoms with Gasteiger partial charge in [0.05, 0.1) is 4.90 Å². The van der Waals surface area contributed by atoms with Crippen LogP contribution in [0.4, 0.5) is 0 Å². The molecule has 20 heavy (non-hydrogen) atoms. The lowest BCUT2D eigenvalue weighted by molar-refractivity contribution is 0.0772. The average molecular weight is 298 g/mol. The molecule has 1 rings (SSSR count). The van der Waals surface area contributed by atoms with E-state index in [4.69, 9.17) is 0 Å². The van der Waals surface area contributed by atoms with Crippen molar-refractivity contribution in [2.24, 2.45) is 0 Å². The van der Waals surface area contributed by atoms with Crippen LogP contribution in [0.3, 0.4) is 0 Å². The van der Waals surface area contributed by atoms with Crippen molar-refractivity contribution in [1.82, 2.24) is 9.62 Å². The standard InChI is InChI=1S/C14H22N2O3S/c1-5-15-20(18,19)12-9-8-11(4)13(10-12)14(17)16(6-2)7-3/h8-10,15H,5-7H2,1-4H3. The van der Waals surface area contributed by atoms with Crippen molar-refractivity contribution in [1.29, 1.82) is 0 Å². The van der Waals surface area contributed by atoms with E-state index in [-0.39, 0.29) is 10.8 Å². The Kier molecular flexibility index (Phi) is 5.71. The van der Waals surface area contributed by atoms with Crippen molar-refractivity contribution in [3.8, 4) is 0 Å². The van der Waals surface area contributed by atoms with Crippen LogP contribution in [-0.4, -0.2) is 38.9 Å². The first-order chi connectivity index (χ1) is 9.37. The molecule has 0 fully saturated rings. The average Bonchev–Trinajstić information content (AvgIpc) is 2.40. The second-order valence-electron chi connectivity index (χ2n) is 4.46. The quantitative estimate of drug-likeness (QED) is 0.870. The summed E-state index contributed by atoms with van der Waals surface area (Å²) >= 11 is 0. The van der Waals surface area contributed by atoms with E-state index in [9.17, 15) is 13.2 Å². The monoisotopic (exact) mass is 298 g/mol. The fourth-order valence-corrected chi connectivity index (χ4v) is 3.02. The Morgan fingerprint density at radius 1 is 1.20 bits per heavy atom. The summed E-state index contributed by atoms with van der Waals surface area (Å²) in [6, 6.07) is 4.64. The van der Waals surface area contributed by atoms with E-state index < -0.39 is 10.0 Å². The van der Waals surface area contributed by atoms with Crippen LogP contribution in [0.2, 0.25) is 0 Å². The van der Waals surface area contributed by atoms with E-state index in [0.717, 1.165) is 5.56 Å². The highest BCUT2D eigenvalue weighted by atomic mass is 32.2. The number of amides is 1. The molecule has 0 aromatic heterocycles. The van der Waals surface area contributed by atoms with Gasteiger partial charge in [-0.25, -0.2) is 13.1 Å². The molecular formula is C14H22N2O3S. The van der Waals surface area contributed by atoms with Crippen molar-refractivity contribution < 1.29 is 13.2 Å². The van der Waals surface area contributed by atoms with Gasteiger partial charge in [0.25, 0.3) is 5.91 Å². The van der Waals surface area contributed by atoms with Crippen LogP contribution >= 0.6 is 0 Å². The topological polar surface area (TPSA) is 66.5 Å². The maximum absolute atomic E-state index is 12.4. The van der Waals surface area contributed by atoms with E-state index >= 15 is 0 Å². The van der Waals surface area contributed by atoms with E-state index in [1.807, 2.05) is 13.8 Å². The minimum Gasteiger partial charge on any atom is -0.339 e. The summed E-state index contributed by atoms with van der Waals surface area (Å²) in [6.45, 7) is 8.83. The van der Waals surface area contributed by atoms with Crippen molar-refractivity contribution in [3.05, 3.63) is 29.3 Å². The largest absolute Gasteiger partial charge is 0.339 e. The number of rotatable bonds is 6. The molecule has 0 spiro atoms. The molecule has 0 saturated carbocycles. The summed E-state index contributed by atoms with van der Waals surface area (Å²) in [7, 11) is -3.54. The summed E-state index contributed by atoms with van der Waals surface area (Å²) < 4.78 is 26.4. The van der Waals surface area contributed by atoms with Gasteiger partial charge in [0, 0.05) is 25.2 Å². The Labute approximate surface area is 121 Å². The van der Waals surface area contributed by atoms with Crippen molar-refractivity contribution in [2.45, 2.75) is 32.6 Å². The number of aryl methyl sites for hydroxylation is 1. The number of carbonyl (C=O) groups excluding carboxylic acids is 1. The van der Waals surface area contributed by atoms with E-state index in [1.54, 1.807) is 24.8 Å². The zero-order valence-corrected chi connectivity index (χ0v) is 13.3. The Balaban J connectivity index is 3.26. The predicted molar refractivity (Wildman–Crippen MR) is 79.3 cm³/mol. The lowest BCUT2D eigenvalue weighted by Crippen LogP contribution is -2.31. The van der Waals surface area contributed by atoms with Crippen LogP contribution in [0.5, 0.6) is 0 Å². The first-order valence-corrected chi connectivity index (χ1v) is 8.25. The van der Waals surface area contributed by atoms with E-state index in [2.05, 4.69) is 4.72 Å². The van der Waals surface area contributed by atoms with Crippen LogP contribution < -0.4 is 4.72 Å². The summed E-state index contributed by atoms with van der Waals surface area (Å²) in [5, 5.41) is 0. The molecule has 5 nitrogen and oxygen atoms in total. The molecule has 6 heteroatoms. The van der Waals surface area contributed by atoms with Crippen LogP contribution in [0, 0.1) is 6.92 Å². The van der Waals surface area contributed by atoms with Gasteiger partial charge < -0.3 is 4.90 Å². The first kappa shape index (κ1) is 16.7. The van der Waals surface area contributed by atoms with Gasteiger partial charge in [0.1, 0.15) is 0 Å². The van der Waals surface area contributed by atoms with Crippen molar-refractivity contribution in [3.63, 3.8) is 0 Å². The SMILES string of the molecule is CCNS(=O)(=O)c1ccc(C)c(C(=O)N(CC)CC)c1. The molecule has 0 aliphatic rings. The number of benzene rings is 1. The van der Waals surface area contributed by atoms with Crippen molar-refractivity contribution in [2.75, 3.05) is 19.6 Å². The maximum Gasteiger partial charge on any atom is 0.254 e. The summed E-state index contributed by atoms with van der Waals surface area (Å²) in [4.78, 5) is 14.2. The molecule has 0 aliphatic carbocycles. The van der Waals surface area contributed by atoms with E-state index in [0.29, 0.717) is 25.2 Å². The fraction of sp³-hybridized carbons (Fsp3) is 0.500. The molecule has 0 heterocycles. The highest BCUT2D eigenvalue weighted by Gasteiger charge is 2.19. The molecule has 112 valence electrons. The Morgan fingerprint density at radius 2 is 1.80 bits per heavy atom. The minimum absolute atomic E-state index is 0.125. The summed E-state index contributed by atoms with van der Waals surface area (Å²) in [6.07, 6.45) is 0. The van der Waals surface area contributed by atoms with Crippen LogP contribution in [0.25, 0.3) is 0 Å². The first-order valence-electron chi connectivity index (χ1n) is 6.76.